The fourth-order valence-electron chi connectivity index (χ4n) is 0.783. The van der Waals surface area contributed by atoms with Gasteiger partial charge in [-0.3, -0.25) is 4.99 Å². The Morgan fingerprint density at radius 2 is 2.36 bits per heavy atom. The van der Waals surface area contributed by atoms with Crippen molar-refractivity contribution in [2.45, 2.75) is 0 Å². The lowest BCUT2D eigenvalue weighted by atomic mass is 10.2. The summed E-state index contributed by atoms with van der Waals surface area (Å²) in [6, 6.07) is 0. The van der Waals surface area contributed by atoms with E-state index in [0.29, 0.717) is 5.57 Å². The zero-order valence-electron chi connectivity index (χ0n) is 7.43. The lowest BCUT2D eigenvalue weighted by molar-refractivity contribution is 0.502. The van der Waals surface area contributed by atoms with Crippen LogP contribution in [0.5, 0.6) is 0 Å². The molecule has 0 fully saturated rings. The topological polar surface area (TPSA) is 71.2 Å². The van der Waals surface area contributed by atoms with Crippen molar-refractivity contribution in [3.05, 3.63) is 48.0 Å². The highest BCUT2D eigenvalue weighted by Crippen LogP contribution is 2.06. The number of nitrogens with zero attached hydrogens (tertiary/aromatic N) is 2. The second-order valence-corrected chi connectivity index (χ2v) is 2.24. The summed E-state index contributed by atoms with van der Waals surface area (Å²) in [5.74, 6) is -0.442. The summed E-state index contributed by atoms with van der Waals surface area (Å²) in [6.45, 7) is 6.94. The first kappa shape index (κ1) is 9.91. The molecule has 5 nitrogen and oxygen atoms in total. The van der Waals surface area contributed by atoms with E-state index in [2.05, 4.69) is 28.3 Å². The Morgan fingerprint density at radius 1 is 1.57 bits per heavy atom. The number of H-pyrrole nitrogens is 1. The molecule has 0 radical (unpaired) electrons. The second kappa shape index (κ2) is 4.76. The van der Waals surface area contributed by atoms with Crippen molar-refractivity contribution in [3.63, 3.8) is 0 Å². The van der Waals surface area contributed by atoms with Gasteiger partial charge in [-0.25, -0.2) is 9.89 Å². The molecule has 0 spiro atoms. The summed E-state index contributed by atoms with van der Waals surface area (Å²) in [6.07, 6.45) is 5.99. The predicted octanol–water partition coefficient (Wildman–Crippen LogP) is 1.15. The van der Waals surface area contributed by atoms with E-state index < -0.39 is 5.76 Å². The van der Waals surface area contributed by atoms with E-state index in [0.717, 1.165) is 0 Å². The minimum absolute atomic E-state index is 0.167. The molecule has 0 amide bonds. The SMILES string of the molecule is C=C/C=C(\C=NC=C)c1n[nH]c(=O)o1. The van der Waals surface area contributed by atoms with Gasteiger partial charge in [-0.15, -0.1) is 5.10 Å². The number of aliphatic imine (C=N–C) groups is 1. The molecule has 1 aromatic heterocycles. The normalized spacial score (nSPS) is 11.9. The number of allylic oxidation sites excluding steroid dienone is 3. The lowest BCUT2D eigenvalue weighted by Crippen LogP contribution is -1.93. The van der Waals surface area contributed by atoms with Gasteiger partial charge < -0.3 is 4.42 Å². The number of rotatable bonds is 4. The average molecular weight is 191 g/mol. The minimum atomic E-state index is -0.609. The van der Waals surface area contributed by atoms with Crippen LogP contribution in [-0.4, -0.2) is 16.4 Å². The zero-order chi connectivity index (χ0) is 10.4. The largest absolute Gasteiger partial charge is 0.434 e. The summed E-state index contributed by atoms with van der Waals surface area (Å²) in [5.41, 5.74) is 0.540. The smallest absolute Gasteiger partial charge is 0.388 e. The monoisotopic (exact) mass is 191 g/mol. The average Bonchev–Trinajstić information content (AvgIpc) is 2.59. The van der Waals surface area contributed by atoms with Crippen molar-refractivity contribution >= 4 is 11.8 Å². The van der Waals surface area contributed by atoms with Crippen LogP contribution in [0.3, 0.4) is 0 Å². The molecule has 0 aromatic carbocycles. The van der Waals surface area contributed by atoms with Crippen LogP contribution < -0.4 is 5.76 Å². The molecule has 0 aliphatic heterocycles. The molecule has 1 N–H and O–H groups in total. The summed E-state index contributed by atoms with van der Waals surface area (Å²) < 4.78 is 4.73. The van der Waals surface area contributed by atoms with E-state index in [1.165, 1.54) is 12.4 Å². The van der Waals surface area contributed by atoms with Gasteiger partial charge in [0, 0.05) is 12.4 Å². The molecule has 0 aliphatic carbocycles. The van der Waals surface area contributed by atoms with E-state index in [1.54, 1.807) is 12.2 Å². The molecule has 0 saturated heterocycles. The number of aromatic amines is 1. The second-order valence-electron chi connectivity index (χ2n) is 2.24. The Kier molecular flexibility index (Phi) is 3.37. The number of hydrogen-bond donors (Lipinski definition) is 1. The van der Waals surface area contributed by atoms with Crippen LogP contribution in [0.1, 0.15) is 5.89 Å². The van der Waals surface area contributed by atoms with E-state index in [-0.39, 0.29) is 5.89 Å². The van der Waals surface area contributed by atoms with Crippen LogP contribution in [0.25, 0.3) is 5.57 Å². The number of nitrogens with one attached hydrogen (secondary N) is 1. The van der Waals surface area contributed by atoms with E-state index in [1.807, 2.05) is 0 Å². The van der Waals surface area contributed by atoms with Crippen molar-refractivity contribution in [1.29, 1.82) is 0 Å². The molecule has 0 saturated carbocycles. The van der Waals surface area contributed by atoms with Gasteiger partial charge in [0.1, 0.15) is 0 Å². The first-order valence-electron chi connectivity index (χ1n) is 3.80. The highest BCUT2D eigenvalue weighted by molar-refractivity contribution is 6.08. The van der Waals surface area contributed by atoms with Gasteiger partial charge in [-0.05, 0) is 6.08 Å². The summed E-state index contributed by atoms with van der Waals surface area (Å²) >= 11 is 0. The standard InChI is InChI=1S/C9H9N3O2/c1-3-5-7(6-10-4-2)8-11-12-9(13)14-8/h3-6H,1-2H2,(H,12,13)/b7-5+,10-6?. The minimum Gasteiger partial charge on any atom is -0.388 e. The molecule has 72 valence electrons. The number of aromatic nitrogens is 2. The quantitative estimate of drug-likeness (QED) is 0.573. The molecular formula is C9H9N3O2. The third-order valence-corrected chi connectivity index (χ3v) is 1.30. The molecule has 1 aromatic rings. The van der Waals surface area contributed by atoms with Gasteiger partial charge in [-0.2, -0.15) is 0 Å². The highest BCUT2D eigenvalue weighted by atomic mass is 16.4. The van der Waals surface area contributed by atoms with Gasteiger partial charge >= 0.3 is 5.76 Å². The molecular weight excluding hydrogens is 182 g/mol. The van der Waals surface area contributed by atoms with Crippen molar-refractivity contribution in [1.82, 2.24) is 10.2 Å². The van der Waals surface area contributed by atoms with Gasteiger partial charge in [0.25, 0.3) is 5.89 Å². The molecule has 0 aliphatic rings. The molecule has 0 bridgehead atoms. The van der Waals surface area contributed by atoms with Crippen LogP contribution in [-0.2, 0) is 0 Å². The Labute approximate surface area is 80.2 Å². The Bertz CT molecular complexity index is 437. The maximum Gasteiger partial charge on any atom is 0.434 e. The van der Waals surface area contributed by atoms with Gasteiger partial charge in [0.05, 0.1) is 5.57 Å². The summed E-state index contributed by atoms with van der Waals surface area (Å²) in [5, 5.41) is 5.79. The summed E-state index contributed by atoms with van der Waals surface area (Å²) in [7, 11) is 0. The molecule has 5 heteroatoms. The third kappa shape index (κ3) is 2.41. The molecule has 0 unspecified atom stereocenters. The van der Waals surface area contributed by atoms with Gasteiger partial charge in [-0.1, -0.05) is 19.2 Å². The zero-order valence-corrected chi connectivity index (χ0v) is 7.43. The van der Waals surface area contributed by atoms with Crippen LogP contribution in [0.15, 0.2) is 45.7 Å². The van der Waals surface area contributed by atoms with E-state index in [9.17, 15) is 4.79 Å². The lowest BCUT2D eigenvalue weighted by Gasteiger charge is -1.90. The van der Waals surface area contributed by atoms with Gasteiger partial charge in [0.2, 0.25) is 0 Å². The maximum absolute atomic E-state index is 10.7. The van der Waals surface area contributed by atoms with Crippen molar-refractivity contribution < 1.29 is 4.42 Å². The Balaban J connectivity index is 3.06. The van der Waals surface area contributed by atoms with E-state index >= 15 is 0 Å². The predicted molar refractivity (Wildman–Crippen MR) is 54.0 cm³/mol. The van der Waals surface area contributed by atoms with Gasteiger partial charge in [0.15, 0.2) is 0 Å². The van der Waals surface area contributed by atoms with Crippen molar-refractivity contribution in [2.24, 2.45) is 4.99 Å². The molecule has 1 heterocycles. The Hall–Kier alpha value is -2.17. The van der Waals surface area contributed by atoms with Crippen molar-refractivity contribution in [2.75, 3.05) is 0 Å². The fraction of sp³-hybridized carbons (Fsp3) is 0. The summed E-state index contributed by atoms with van der Waals surface area (Å²) in [4.78, 5) is 14.5. The first-order valence-corrected chi connectivity index (χ1v) is 3.80. The maximum atomic E-state index is 10.7. The third-order valence-electron chi connectivity index (χ3n) is 1.30. The Morgan fingerprint density at radius 3 is 2.86 bits per heavy atom. The van der Waals surface area contributed by atoms with Crippen LogP contribution in [0, 0.1) is 0 Å². The fourth-order valence-corrected chi connectivity index (χ4v) is 0.783. The highest BCUT2D eigenvalue weighted by Gasteiger charge is 2.04. The molecule has 14 heavy (non-hydrogen) atoms. The molecule has 1 rings (SSSR count). The van der Waals surface area contributed by atoms with Crippen LogP contribution in [0.2, 0.25) is 0 Å². The van der Waals surface area contributed by atoms with E-state index in [4.69, 9.17) is 4.42 Å². The number of hydrogen-bond acceptors (Lipinski definition) is 4. The van der Waals surface area contributed by atoms with Crippen LogP contribution in [0.4, 0.5) is 0 Å². The van der Waals surface area contributed by atoms with Crippen LogP contribution >= 0.6 is 0 Å². The first-order chi connectivity index (χ1) is 6.77. The molecule has 0 atom stereocenters. The van der Waals surface area contributed by atoms with Crippen molar-refractivity contribution in [3.8, 4) is 0 Å².